The Morgan fingerprint density at radius 2 is 1.92 bits per heavy atom. The Labute approximate surface area is 141 Å². The van der Waals surface area contributed by atoms with Crippen molar-refractivity contribution in [2.75, 3.05) is 6.61 Å². The van der Waals surface area contributed by atoms with Gasteiger partial charge in [-0.05, 0) is 42.5 Å². The van der Waals surface area contributed by atoms with Crippen LogP contribution in [0.15, 0.2) is 24.4 Å². The number of nitrogens with zero attached hydrogens (tertiary/aromatic N) is 1. The number of alkyl halides is 3. The van der Waals surface area contributed by atoms with Crippen molar-refractivity contribution >= 4 is 19.0 Å². The second-order valence-electron chi connectivity index (χ2n) is 7.91. The van der Waals surface area contributed by atoms with Crippen molar-refractivity contribution in [3.63, 3.8) is 0 Å². The molecule has 1 aromatic carbocycles. The highest BCUT2D eigenvalue weighted by Crippen LogP contribution is 2.43. The SMILES string of the molecule is C[Si](C)(C)CCOCn1cc(C(F)(F)F)c2cc(C3CC3)ccc21. The molecule has 1 saturated carbocycles. The van der Waals surface area contributed by atoms with Gasteiger partial charge in [0.15, 0.2) is 0 Å². The number of rotatable bonds is 6. The Morgan fingerprint density at radius 1 is 1.21 bits per heavy atom. The van der Waals surface area contributed by atoms with Gasteiger partial charge in [-0.25, -0.2) is 0 Å². The van der Waals surface area contributed by atoms with E-state index in [9.17, 15) is 13.2 Å². The minimum absolute atomic E-state index is 0.167. The first-order chi connectivity index (χ1) is 11.1. The van der Waals surface area contributed by atoms with E-state index in [4.69, 9.17) is 4.74 Å². The largest absolute Gasteiger partial charge is 0.418 e. The monoisotopic (exact) mass is 355 g/mol. The Bertz CT molecular complexity index is 726. The topological polar surface area (TPSA) is 14.2 Å². The minimum atomic E-state index is -4.34. The van der Waals surface area contributed by atoms with Gasteiger partial charge in [-0.2, -0.15) is 13.2 Å². The second-order valence-corrected chi connectivity index (χ2v) is 13.5. The van der Waals surface area contributed by atoms with Crippen LogP contribution in [0.2, 0.25) is 25.7 Å². The summed E-state index contributed by atoms with van der Waals surface area (Å²) in [7, 11) is -1.20. The molecule has 0 bridgehead atoms. The third-order valence-electron chi connectivity index (χ3n) is 4.49. The number of hydrogen-bond acceptors (Lipinski definition) is 1. The van der Waals surface area contributed by atoms with Crippen molar-refractivity contribution in [1.82, 2.24) is 4.57 Å². The van der Waals surface area contributed by atoms with Crippen molar-refractivity contribution in [2.45, 2.75) is 57.4 Å². The zero-order valence-electron chi connectivity index (χ0n) is 14.4. The number of aromatic nitrogens is 1. The van der Waals surface area contributed by atoms with Gasteiger partial charge in [0, 0.05) is 26.3 Å². The first-order valence-electron chi connectivity index (χ1n) is 8.43. The summed E-state index contributed by atoms with van der Waals surface area (Å²) in [6, 6.07) is 6.48. The zero-order chi connectivity index (χ0) is 17.5. The summed E-state index contributed by atoms with van der Waals surface area (Å²) >= 11 is 0. The van der Waals surface area contributed by atoms with Gasteiger partial charge in [0.25, 0.3) is 0 Å². The molecule has 0 unspecified atom stereocenters. The van der Waals surface area contributed by atoms with E-state index >= 15 is 0 Å². The standard InChI is InChI=1S/C18H24F3NOSi/c1-24(2,3)9-8-23-12-22-11-16(18(19,20)21)15-10-14(13-4-5-13)6-7-17(15)22/h6-7,10-11,13H,4-5,8-9,12H2,1-3H3. The van der Waals surface area contributed by atoms with E-state index in [0.29, 0.717) is 23.4 Å². The van der Waals surface area contributed by atoms with Crippen molar-refractivity contribution in [3.05, 3.63) is 35.5 Å². The fraction of sp³-hybridized carbons (Fsp3) is 0.556. The van der Waals surface area contributed by atoms with Crippen LogP contribution in [0.4, 0.5) is 13.2 Å². The average molecular weight is 355 g/mol. The molecule has 0 atom stereocenters. The molecule has 0 spiro atoms. The molecule has 6 heteroatoms. The lowest BCUT2D eigenvalue weighted by Gasteiger charge is -2.15. The number of benzene rings is 1. The number of hydrogen-bond donors (Lipinski definition) is 0. The van der Waals surface area contributed by atoms with Crippen LogP contribution in [0.25, 0.3) is 10.9 Å². The van der Waals surface area contributed by atoms with Crippen molar-refractivity contribution < 1.29 is 17.9 Å². The predicted molar refractivity (Wildman–Crippen MR) is 93.0 cm³/mol. The van der Waals surface area contributed by atoms with E-state index in [0.717, 1.165) is 24.4 Å². The number of fused-ring (bicyclic) bond motifs is 1. The molecule has 0 N–H and O–H groups in total. The summed E-state index contributed by atoms with van der Waals surface area (Å²) in [4.78, 5) is 0. The number of ether oxygens (including phenoxy) is 1. The smallest absolute Gasteiger partial charge is 0.361 e. The highest BCUT2D eigenvalue weighted by Gasteiger charge is 2.35. The maximum Gasteiger partial charge on any atom is 0.418 e. The van der Waals surface area contributed by atoms with E-state index in [1.165, 1.54) is 6.20 Å². The van der Waals surface area contributed by atoms with Gasteiger partial charge in [0.1, 0.15) is 6.73 Å². The quantitative estimate of drug-likeness (QED) is 0.468. The van der Waals surface area contributed by atoms with Crippen LogP contribution in [-0.4, -0.2) is 19.2 Å². The molecule has 1 fully saturated rings. The lowest BCUT2D eigenvalue weighted by molar-refractivity contribution is -0.136. The van der Waals surface area contributed by atoms with E-state index in [1.807, 2.05) is 6.07 Å². The van der Waals surface area contributed by atoms with Gasteiger partial charge in [0.05, 0.1) is 11.1 Å². The van der Waals surface area contributed by atoms with Gasteiger partial charge in [0.2, 0.25) is 0 Å². The van der Waals surface area contributed by atoms with Crippen LogP contribution in [0, 0.1) is 0 Å². The summed E-state index contributed by atoms with van der Waals surface area (Å²) in [5, 5.41) is 0.292. The highest BCUT2D eigenvalue weighted by atomic mass is 28.3. The van der Waals surface area contributed by atoms with Crippen LogP contribution in [0.5, 0.6) is 0 Å². The molecule has 0 saturated heterocycles. The van der Waals surface area contributed by atoms with Crippen molar-refractivity contribution in [1.29, 1.82) is 0 Å². The molecule has 0 radical (unpaired) electrons. The fourth-order valence-electron chi connectivity index (χ4n) is 2.86. The Morgan fingerprint density at radius 3 is 2.50 bits per heavy atom. The molecule has 0 amide bonds. The third-order valence-corrected chi connectivity index (χ3v) is 6.19. The second kappa shape index (κ2) is 6.22. The summed E-state index contributed by atoms with van der Waals surface area (Å²) < 4.78 is 47.4. The van der Waals surface area contributed by atoms with E-state index in [2.05, 4.69) is 19.6 Å². The number of halogens is 3. The molecule has 2 nitrogen and oxygen atoms in total. The Balaban J connectivity index is 1.85. The first-order valence-corrected chi connectivity index (χ1v) is 12.1. The lowest BCUT2D eigenvalue weighted by Crippen LogP contribution is -2.22. The molecule has 0 aliphatic heterocycles. The van der Waals surface area contributed by atoms with Gasteiger partial charge < -0.3 is 9.30 Å². The molecule has 3 rings (SSSR count). The molecular formula is C18H24F3NOSi. The summed E-state index contributed by atoms with van der Waals surface area (Å²) in [5.74, 6) is 0.437. The third kappa shape index (κ3) is 4.03. The van der Waals surface area contributed by atoms with Gasteiger partial charge in [-0.3, -0.25) is 0 Å². The van der Waals surface area contributed by atoms with Gasteiger partial charge >= 0.3 is 6.18 Å². The fourth-order valence-corrected chi connectivity index (χ4v) is 3.62. The Hall–Kier alpha value is -1.27. The molecule has 1 aromatic heterocycles. The van der Waals surface area contributed by atoms with Crippen molar-refractivity contribution in [2.24, 2.45) is 0 Å². The van der Waals surface area contributed by atoms with Crippen molar-refractivity contribution in [3.8, 4) is 0 Å². The van der Waals surface area contributed by atoms with E-state index < -0.39 is 19.8 Å². The average Bonchev–Trinajstić information content (AvgIpc) is 3.23. The molecule has 2 aromatic rings. The molecule has 132 valence electrons. The van der Waals surface area contributed by atoms with Crippen LogP contribution >= 0.6 is 0 Å². The Kier molecular flexibility index (Phi) is 4.55. The van der Waals surface area contributed by atoms with Crippen LogP contribution in [0.3, 0.4) is 0 Å². The molecular weight excluding hydrogens is 331 g/mol. The summed E-state index contributed by atoms with van der Waals surface area (Å²) in [6.07, 6.45) is -0.999. The summed E-state index contributed by atoms with van der Waals surface area (Å²) in [5.41, 5.74) is 1.05. The van der Waals surface area contributed by atoms with Crippen LogP contribution < -0.4 is 0 Å². The van der Waals surface area contributed by atoms with E-state index in [-0.39, 0.29) is 6.73 Å². The molecule has 1 heterocycles. The predicted octanol–water partition coefficient (Wildman–Crippen LogP) is 5.85. The normalized spacial score (nSPS) is 16.1. The van der Waals surface area contributed by atoms with Gasteiger partial charge in [-0.15, -0.1) is 0 Å². The molecule has 1 aliphatic rings. The van der Waals surface area contributed by atoms with Gasteiger partial charge in [-0.1, -0.05) is 25.7 Å². The minimum Gasteiger partial charge on any atom is -0.361 e. The van der Waals surface area contributed by atoms with Crippen LogP contribution in [-0.2, 0) is 17.6 Å². The maximum absolute atomic E-state index is 13.4. The molecule has 24 heavy (non-hydrogen) atoms. The zero-order valence-corrected chi connectivity index (χ0v) is 15.4. The van der Waals surface area contributed by atoms with E-state index in [1.54, 1.807) is 16.7 Å². The summed E-state index contributed by atoms with van der Waals surface area (Å²) in [6.45, 7) is 7.52. The molecule has 1 aliphatic carbocycles. The highest BCUT2D eigenvalue weighted by molar-refractivity contribution is 6.76. The lowest BCUT2D eigenvalue weighted by atomic mass is 10.1. The van der Waals surface area contributed by atoms with Crippen LogP contribution in [0.1, 0.15) is 29.9 Å². The maximum atomic E-state index is 13.4. The first kappa shape index (κ1) is 17.5.